The molecule has 8 saturated heterocycles. The predicted molar refractivity (Wildman–Crippen MR) is 166 cm³/mol. The SMILES string of the molecule is CO[P+](O)(OC)O[C@@H](C[C@H]1O[C@@H]2O[C@@]3(C)CC[C@H]4[C@H](C)CC[C@@H]([C@H]1C)[C@@]24OO3)C1O[C@@H]2O[C@@]3(C)CC[C@H]4[C@H](C)CC[C@@H]([C@H]1C)[C@@]24OO3. The van der Waals surface area contributed by atoms with Gasteiger partial charge in [0.2, 0.25) is 11.6 Å². The molecule has 0 aromatic carbocycles. The lowest BCUT2D eigenvalue weighted by atomic mass is 9.56. The molecule has 2 spiro atoms. The Morgan fingerprint density at radius 1 is 0.681 bits per heavy atom. The van der Waals surface area contributed by atoms with E-state index in [1.54, 1.807) is 0 Å². The van der Waals surface area contributed by atoms with Gasteiger partial charge in [0.15, 0.2) is 23.8 Å². The van der Waals surface area contributed by atoms with Crippen LogP contribution in [0.4, 0.5) is 0 Å². The lowest BCUT2D eigenvalue weighted by Gasteiger charge is -2.62. The van der Waals surface area contributed by atoms with Crippen molar-refractivity contribution >= 4 is 8.17 Å². The van der Waals surface area contributed by atoms with Gasteiger partial charge in [-0.2, -0.15) is 13.9 Å². The highest BCUT2D eigenvalue weighted by molar-refractivity contribution is 7.55. The van der Waals surface area contributed by atoms with E-state index in [4.69, 9.17) is 52.1 Å². The lowest BCUT2D eigenvalue weighted by Crippen LogP contribution is -2.72. The topological polar surface area (TPSA) is 122 Å². The normalized spacial score (nSPS) is 55.9. The predicted octanol–water partition coefficient (Wildman–Crippen LogP) is 6.23. The molecule has 268 valence electrons. The van der Waals surface area contributed by atoms with Crippen molar-refractivity contribution in [3.05, 3.63) is 0 Å². The minimum atomic E-state index is -3.67. The van der Waals surface area contributed by atoms with Gasteiger partial charge in [0, 0.05) is 31.1 Å². The first kappa shape index (κ1) is 34.1. The summed E-state index contributed by atoms with van der Waals surface area (Å²) >= 11 is 0. The van der Waals surface area contributed by atoms with E-state index in [1.165, 1.54) is 14.2 Å². The minimum Gasteiger partial charge on any atom is -0.346 e. The minimum absolute atomic E-state index is 0.0194. The van der Waals surface area contributed by atoms with Crippen LogP contribution in [0.25, 0.3) is 0 Å². The molecule has 17 atom stereocenters. The van der Waals surface area contributed by atoms with Gasteiger partial charge in [-0.05, 0) is 87.9 Å². The van der Waals surface area contributed by atoms with Crippen LogP contribution in [0.5, 0.6) is 0 Å². The molecule has 4 bridgehead atoms. The average Bonchev–Trinajstić information content (AvgIpc) is 3.42. The first-order valence-electron chi connectivity index (χ1n) is 18.1. The van der Waals surface area contributed by atoms with Crippen LogP contribution in [0.1, 0.15) is 99.3 Å². The highest BCUT2D eigenvalue weighted by Gasteiger charge is 2.72. The molecule has 1 unspecified atom stereocenters. The van der Waals surface area contributed by atoms with Crippen molar-refractivity contribution in [2.45, 2.75) is 153 Å². The van der Waals surface area contributed by atoms with E-state index >= 15 is 0 Å². The number of hydrogen-bond donors (Lipinski definition) is 1. The van der Waals surface area contributed by atoms with E-state index < -0.39 is 55.7 Å². The molecular formula is C34H56O12P+. The van der Waals surface area contributed by atoms with Crippen molar-refractivity contribution in [3.63, 3.8) is 0 Å². The molecule has 12 nitrogen and oxygen atoms in total. The fourth-order valence-corrected chi connectivity index (χ4v) is 12.3. The Morgan fingerprint density at radius 2 is 1.19 bits per heavy atom. The van der Waals surface area contributed by atoms with Crippen LogP contribution in [0, 0.1) is 47.3 Å². The second kappa shape index (κ2) is 11.7. The van der Waals surface area contributed by atoms with Crippen molar-refractivity contribution < 1.29 is 57.0 Å². The van der Waals surface area contributed by atoms with Crippen molar-refractivity contribution in [2.75, 3.05) is 14.2 Å². The van der Waals surface area contributed by atoms with E-state index in [2.05, 4.69) is 27.7 Å². The van der Waals surface area contributed by atoms with Crippen LogP contribution < -0.4 is 0 Å². The maximum absolute atomic E-state index is 11.4. The quantitative estimate of drug-likeness (QED) is 0.241. The molecule has 47 heavy (non-hydrogen) atoms. The Kier molecular flexibility index (Phi) is 8.50. The second-order valence-electron chi connectivity index (χ2n) is 16.5. The lowest BCUT2D eigenvalue weighted by molar-refractivity contribution is -0.573. The fraction of sp³-hybridized carbons (Fsp3) is 1.00. The standard InChI is InChI=1S/C34H56O12P/c1-18-9-11-24-20(3)26(38-29-33(24)22(18)13-15-31(5,40-29)43-45-33)17-27(42-47(35,36-7)37-8)28-21(4)25-12-10-19(2)23-14-16-32(6)41-30(39-28)34(23,25)46-44-32/h18-30,35H,9-17H2,1-8H3/q+1/t18-,19-,20-,21-,22+,23+,24+,25+,26-,27+,28?,29-,30-,31-,32-,33-,34-/m1/s1. The van der Waals surface area contributed by atoms with Gasteiger partial charge in [0.1, 0.15) is 6.10 Å². The molecule has 8 aliphatic heterocycles. The molecule has 13 heteroatoms. The fourth-order valence-electron chi connectivity index (χ4n) is 11.4. The Hall–Kier alpha value is -0.0500. The first-order valence-corrected chi connectivity index (χ1v) is 19.6. The molecule has 0 radical (unpaired) electrons. The van der Waals surface area contributed by atoms with Gasteiger partial charge in [0.25, 0.3) is 0 Å². The molecular weight excluding hydrogens is 631 g/mol. The van der Waals surface area contributed by atoms with E-state index in [0.29, 0.717) is 18.3 Å². The van der Waals surface area contributed by atoms with Gasteiger partial charge in [-0.15, -0.1) is 4.52 Å². The third-order valence-electron chi connectivity index (χ3n) is 14.1. The van der Waals surface area contributed by atoms with Crippen molar-refractivity contribution in [3.8, 4) is 0 Å². The van der Waals surface area contributed by atoms with Crippen molar-refractivity contribution in [1.29, 1.82) is 0 Å². The molecule has 0 aromatic heterocycles. The Balaban J connectivity index is 1.13. The van der Waals surface area contributed by atoms with Crippen LogP contribution in [0.3, 0.4) is 0 Å². The molecule has 10 fully saturated rings. The van der Waals surface area contributed by atoms with E-state index in [1.807, 2.05) is 13.8 Å². The van der Waals surface area contributed by atoms with E-state index in [0.717, 1.165) is 51.4 Å². The van der Waals surface area contributed by atoms with E-state index in [-0.39, 0.29) is 41.6 Å². The monoisotopic (exact) mass is 687 g/mol. The molecule has 8 heterocycles. The summed E-state index contributed by atoms with van der Waals surface area (Å²) in [5.74, 6) is 0.000213. The zero-order chi connectivity index (χ0) is 33.1. The third kappa shape index (κ3) is 5.02. The molecule has 2 saturated carbocycles. The van der Waals surface area contributed by atoms with Gasteiger partial charge in [-0.1, -0.05) is 27.7 Å². The van der Waals surface area contributed by atoms with Gasteiger partial charge >= 0.3 is 8.17 Å². The van der Waals surface area contributed by atoms with E-state index in [9.17, 15) is 4.89 Å². The Morgan fingerprint density at radius 3 is 1.72 bits per heavy atom. The summed E-state index contributed by atoms with van der Waals surface area (Å²) in [5, 5.41) is 0. The first-order chi connectivity index (χ1) is 22.3. The number of fused-ring (bicyclic) bond motifs is 4. The molecule has 0 amide bonds. The van der Waals surface area contributed by atoms with Crippen molar-refractivity contribution in [1.82, 2.24) is 0 Å². The zero-order valence-electron chi connectivity index (χ0n) is 29.3. The number of ether oxygens (including phenoxy) is 4. The van der Waals surface area contributed by atoms with Gasteiger partial charge in [-0.25, -0.2) is 19.6 Å². The largest absolute Gasteiger partial charge is 0.572 e. The average molecular weight is 688 g/mol. The maximum Gasteiger partial charge on any atom is 0.572 e. The highest BCUT2D eigenvalue weighted by atomic mass is 31.2. The highest BCUT2D eigenvalue weighted by Crippen LogP contribution is 2.65. The summed E-state index contributed by atoms with van der Waals surface area (Å²) in [6.45, 7) is 13.0. The number of rotatable bonds is 7. The van der Waals surface area contributed by atoms with Gasteiger partial charge < -0.3 is 18.9 Å². The summed E-state index contributed by atoms with van der Waals surface area (Å²) in [5.41, 5.74) is -1.38. The van der Waals surface area contributed by atoms with Crippen LogP contribution in [0.15, 0.2) is 0 Å². The summed E-state index contributed by atoms with van der Waals surface area (Å²) < 4.78 is 44.8. The summed E-state index contributed by atoms with van der Waals surface area (Å²) in [6.07, 6.45) is 5.35. The Bertz CT molecular complexity index is 1190. The molecule has 10 rings (SSSR count). The second-order valence-corrected chi connectivity index (χ2v) is 18.4. The third-order valence-corrected chi connectivity index (χ3v) is 15.5. The van der Waals surface area contributed by atoms with Gasteiger partial charge in [0.05, 0.1) is 26.4 Å². The zero-order valence-corrected chi connectivity index (χ0v) is 30.1. The molecule has 2 aliphatic carbocycles. The molecule has 0 aromatic rings. The molecule has 1 N–H and O–H groups in total. The summed E-state index contributed by atoms with van der Waals surface area (Å²) in [7, 11) is -0.864. The maximum atomic E-state index is 11.4. The van der Waals surface area contributed by atoms with Crippen LogP contribution >= 0.6 is 8.17 Å². The smallest absolute Gasteiger partial charge is 0.346 e. The van der Waals surface area contributed by atoms with Crippen LogP contribution in [0.2, 0.25) is 0 Å². The van der Waals surface area contributed by atoms with Gasteiger partial charge in [-0.3, -0.25) is 0 Å². The van der Waals surface area contributed by atoms with Crippen LogP contribution in [-0.4, -0.2) is 72.8 Å². The summed E-state index contributed by atoms with van der Waals surface area (Å²) in [6, 6.07) is 0. The van der Waals surface area contributed by atoms with Crippen molar-refractivity contribution in [2.24, 2.45) is 47.3 Å². The Labute approximate surface area is 279 Å². The number of hydrogen-bond acceptors (Lipinski definition) is 12. The van der Waals surface area contributed by atoms with Crippen LogP contribution in [-0.2, 0) is 52.1 Å². The summed E-state index contributed by atoms with van der Waals surface area (Å²) in [4.78, 5) is 36.3. The molecule has 10 aliphatic rings.